The third kappa shape index (κ3) is 3.57. The lowest BCUT2D eigenvalue weighted by molar-refractivity contribution is 0.628. The summed E-state index contributed by atoms with van der Waals surface area (Å²) in [5.41, 5.74) is 0.821. The highest BCUT2D eigenvalue weighted by Crippen LogP contribution is 2.13. The standard InChI is InChI=1S/C10H7FN2.C2H5N/c11-9-4-2-8(3-5-9)10-12-6-1-7-13-10;1-2-3/h1-7H;2-3H,1H3. The topological polar surface area (TPSA) is 49.6 Å². The van der Waals surface area contributed by atoms with Crippen LogP contribution in [0.2, 0.25) is 0 Å². The van der Waals surface area contributed by atoms with E-state index >= 15 is 0 Å². The maximum Gasteiger partial charge on any atom is 0.159 e. The van der Waals surface area contributed by atoms with Gasteiger partial charge in [0, 0.05) is 18.0 Å². The highest BCUT2D eigenvalue weighted by Gasteiger charge is 1.98. The zero-order valence-corrected chi connectivity index (χ0v) is 8.89. The maximum absolute atomic E-state index is 12.6. The highest BCUT2D eigenvalue weighted by molar-refractivity contribution is 5.53. The van der Waals surface area contributed by atoms with Gasteiger partial charge in [-0.1, -0.05) is 0 Å². The Labute approximate surface area is 93.5 Å². The van der Waals surface area contributed by atoms with E-state index in [0.717, 1.165) is 5.56 Å². The smallest absolute Gasteiger partial charge is 0.159 e. The van der Waals surface area contributed by atoms with E-state index in [1.165, 1.54) is 18.3 Å². The van der Waals surface area contributed by atoms with Gasteiger partial charge in [-0.3, -0.25) is 0 Å². The largest absolute Gasteiger partial charge is 0.313 e. The molecule has 16 heavy (non-hydrogen) atoms. The second kappa shape index (κ2) is 6.40. The van der Waals surface area contributed by atoms with Gasteiger partial charge in [-0.05, 0) is 43.5 Å². The summed E-state index contributed by atoms with van der Waals surface area (Å²) in [5, 5.41) is 6.08. The number of hydrogen-bond donors (Lipinski definition) is 1. The predicted molar refractivity (Wildman–Crippen MR) is 61.9 cm³/mol. The van der Waals surface area contributed by atoms with E-state index in [1.54, 1.807) is 37.5 Å². The molecule has 0 radical (unpaired) electrons. The van der Waals surface area contributed by atoms with Crippen molar-refractivity contribution >= 4 is 6.21 Å². The molecule has 1 aromatic heterocycles. The van der Waals surface area contributed by atoms with Crippen molar-refractivity contribution in [1.82, 2.24) is 9.97 Å². The summed E-state index contributed by atoms with van der Waals surface area (Å²) in [4.78, 5) is 8.09. The molecule has 0 amide bonds. The first kappa shape index (κ1) is 12.0. The zero-order chi connectivity index (χ0) is 11.8. The lowest BCUT2D eigenvalue weighted by atomic mass is 10.2. The van der Waals surface area contributed by atoms with Crippen LogP contribution in [0.3, 0.4) is 0 Å². The van der Waals surface area contributed by atoms with Crippen LogP contribution in [0.25, 0.3) is 11.4 Å². The number of nitrogens with zero attached hydrogens (tertiary/aromatic N) is 2. The molecule has 0 atom stereocenters. The number of hydrogen-bond acceptors (Lipinski definition) is 3. The first-order valence-corrected chi connectivity index (χ1v) is 4.76. The molecule has 0 saturated carbocycles. The second-order valence-corrected chi connectivity index (χ2v) is 2.87. The average Bonchev–Trinajstić information content (AvgIpc) is 2.32. The molecule has 0 bridgehead atoms. The van der Waals surface area contributed by atoms with Crippen molar-refractivity contribution in [1.29, 1.82) is 5.41 Å². The van der Waals surface area contributed by atoms with Crippen molar-refractivity contribution in [2.24, 2.45) is 0 Å². The van der Waals surface area contributed by atoms with Gasteiger partial charge in [-0.2, -0.15) is 0 Å². The van der Waals surface area contributed by atoms with E-state index < -0.39 is 0 Å². The first-order valence-electron chi connectivity index (χ1n) is 4.76. The fourth-order valence-electron chi connectivity index (χ4n) is 1.05. The van der Waals surface area contributed by atoms with Gasteiger partial charge in [0.2, 0.25) is 0 Å². The average molecular weight is 217 g/mol. The minimum Gasteiger partial charge on any atom is -0.313 e. The summed E-state index contributed by atoms with van der Waals surface area (Å²) in [6.45, 7) is 1.67. The summed E-state index contributed by atoms with van der Waals surface area (Å²) in [7, 11) is 0. The van der Waals surface area contributed by atoms with E-state index in [0.29, 0.717) is 5.82 Å². The van der Waals surface area contributed by atoms with Gasteiger partial charge >= 0.3 is 0 Å². The van der Waals surface area contributed by atoms with Gasteiger partial charge < -0.3 is 5.41 Å². The molecule has 0 aliphatic rings. The van der Waals surface area contributed by atoms with Crippen LogP contribution in [0.5, 0.6) is 0 Å². The number of nitrogens with one attached hydrogen (secondary N) is 1. The number of aromatic nitrogens is 2. The van der Waals surface area contributed by atoms with E-state index in [9.17, 15) is 4.39 Å². The molecule has 82 valence electrons. The minimum atomic E-state index is -0.250. The molecular formula is C12H12FN3. The molecule has 3 nitrogen and oxygen atoms in total. The summed E-state index contributed by atoms with van der Waals surface area (Å²) in [5.74, 6) is 0.363. The van der Waals surface area contributed by atoms with Crippen LogP contribution in [-0.4, -0.2) is 16.2 Å². The molecular weight excluding hydrogens is 205 g/mol. The molecule has 4 heteroatoms. The predicted octanol–water partition coefficient (Wildman–Crippen LogP) is 2.94. The second-order valence-electron chi connectivity index (χ2n) is 2.87. The van der Waals surface area contributed by atoms with Crippen molar-refractivity contribution in [2.75, 3.05) is 0 Å². The van der Waals surface area contributed by atoms with Crippen LogP contribution < -0.4 is 0 Å². The van der Waals surface area contributed by atoms with Crippen LogP contribution in [-0.2, 0) is 0 Å². The Bertz CT molecular complexity index is 426. The van der Waals surface area contributed by atoms with Crippen molar-refractivity contribution < 1.29 is 4.39 Å². The lowest BCUT2D eigenvalue weighted by Gasteiger charge is -1.97. The Kier molecular flexibility index (Phi) is 4.79. The fraction of sp³-hybridized carbons (Fsp3) is 0.0833. The summed E-state index contributed by atoms with van der Waals surface area (Å²) in [6.07, 6.45) is 4.57. The van der Waals surface area contributed by atoms with Gasteiger partial charge in [-0.15, -0.1) is 0 Å². The molecule has 2 aromatic rings. The molecule has 0 aliphatic carbocycles. The van der Waals surface area contributed by atoms with Crippen molar-refractivity contribution in [3.05, 3.63) is 48.5 Å². The van der Waals surface area contributed by atoms with Crippen LogP contribution in [0.15, 0.2) is 42.7 Å². The van der Waals surface area contributed by atoms with E-state index in [1.807, 2.05) is 0 Å². The summed E-state index contributed by atoms with van der Waals surface area (Å²) in [6, 6.07) is 7.85. The quantitative estimate of drug-likeness (QED) is 0.746. The van der Waals surface area contributed by atoms with E-state index in [4.69, 9.17) is 5.41 Å². The highest BCUT2D eigenvalue weighted by atomic mass is 19.1. The molecule has 1 N–H and O–H groups in total. The van der Waals surface area contributed by atoms with Gasteiger partial charge in [0.1, 0.15) is 5.82 Å². The summed E-state index contributed by atoms with van der Waals surface area (Å²) < 4.78 is 12.6. The molecule has 0 aliphatic heterocycles. The third-order valence-electron chi connectivity index (χ3n) is 1.67. The van der Waals surface area contributed by atoms with Gasteiger partial charge in [0.05, 0.1) is 0 Å². The Morgan fingerprint density at radius 2 is 1.62 bits per heavy atom. The molecule has 0 fully saturated rings. The van der Waals surface area contributed by atoms with Crippen LogP contribution in [0.4, 0.5) is 4.39 Å². The summed E-state index contributed by atoms with van der Waals surface area (Å²) >= 11 is 0. The molecule has 0 unspecified atom stereocenters. The van der Waals surface area contributed by atoms with Crippen molar-refractivity contribution in [3.8, 4) is 11.4 Å². The molecule has 0 spiro atoms. The molecule has 1 heterocycles. The van der Waals surface area contributed by atoms with Gasteiger partial charge in [0.25, 0.3) is 0 Å². The van der Waals surface area contributed by atoms with Crippen LogP contribution >= 0.6 is 0 Å². The normalized spacial score (nSPS) is 8.88. The minimum absolute atomic E-state index is 0.250. The Morgan fingerprint density at radius 1 is 1.12 bits per heavy atom. The Hall–Kier alpha value is -2.10. The maximum atomic E-state index is 12.6. The van der Waals surface area contributed by atoms with Crippen molar-refractivity contribution in [3.63, 3.8) is 0 Å². The van der Waals surface area contributed by atoms with E-state index in [-0.39, 0.29) is 5.82 Å². The zero-order valence-electron chi connectivity index (χ0n) is 8.89. The lowest BCUT2D eigenvalue weighted by Crippen LogP contribution is -1.86. The molecule has 2 rings (SSSR count). The number of rotatable bonds is 1. The molecule has 1 aromatic carbocycles. The fourth-order valence-corrected chi connectivity index (χ4v) is 1.05. The Morgan fingerprint density at radius 3 is 2.12 bits per heavy atom. The van der Waals surface area contributed by atoms with Crippen molar-refractivity contribution in [2.45, 2.75) is 6.92 Å². The molecule has 0 saturated heterocycles. The monoisotopic (exact) mass is 217 g/mol. The van der Waals surface area contributed by atoms with Gasteiger partial charge in [0.15, 0.2) is 5.82 Å². The number of halogens is 1. The van der Waals surface area contributed by atoms with E-state index in [2.05, 4.69) is 9.97 Å². The first-order chi connectivity index (χ1) is 7.77. The third-order valence-corrected chi connectivity index (χ3v) is 1.67. The Balaban J connectivity index is 0.000000386. The van der Waals surface area contributed by atoms with Crippen LogP contribution in [0.1, 0.15) is 6.92 Å². The van der Waals surface area contributed by atoms with Gasteiger partial charge in [-0.25, -0.2) is 14.4 Å². The SMILES string of the molecule is CC=N.Fc1ccc(-c2ncccn2)cc1. The number of benzene rings is 1. The van der Waals surface area contributed by atoms with Crippen LogP contribution in [0, 0.1) is 11.2 Å².